The Morgan fingerprint density at radius 1 is 1.00 bits per heavy atom. The molecular formula is C25H19F4N3O3. The van der Waals surface area contributed by atoms with Crippen LogP contribution in [0.5, 0.6) is 0 Å². The molecule has 3 aromatic carbocycles. The maximum atomic E-state index is 14.2. The standard InChI is InChI=1S/C25H19F4N3O3/c1-32(14-22(33)34)13-15-6-8-16(9-7-15)23-30-24(35-31-23)17-10-11-18(20(12-17)25(27,28)29)19-4-2-3-5-21(19)26/h2-12H,13-14H2,1H3,(H,33,34). The van der Waals surface area contributed by atoms with Crippen LogP contribution in [0.25, 0.3) is 34.0 Å². The number of alkyl halides is 3. The Labute approximate surface area is 197 Å². The van der Waals surface area contributed by atoms with E-state index >= 15 is 0 Å². The van der Waals surface area contributed by atoms with Crippen molar-refractivity contribution in [3.63, 3.8) is 0 Å². The lowest BCUT2D eigenvalue weighted by atomic mass is 9.96. The molecule has 0 amide bonds. The molecule has 0 atom stereocenters. The Balaban J connectivity index is 1.61. The minimum Gasteiger partial charge on any atom is -0.480 e. The predicted molar refractivity (Wildman–Crippen MR) is 120 cm³/mol. The minimum absolute atomic E-state index is 0.0445. The number of hydrogen-bond donors (Lipinski definition) is 1. The van der Waals surface area contributed by atoms with Crippen molar-refractivity contribution < 1.29 is 32.0 Å². The molecule has 180 valence electrons. The highest BCUT2D eigenvalue weighted by Gasteiger charge is 2.35. The van der Waals surface area contributed by atoms with Crippen LogP contribution in [0.1, 0.15) is 11.1 Å². The maximum absolute atomic E-state index is 14.2. The van der Waals surface area contributed by atoms with Crippen LogP contribution in [-0.2, 0) is 17.5 Å². The molecule has 6 nitrogen and oxygen atoms in total. The Kier molecular flexibility index (Phi) is 6.65. The first kappa shape index (κ1) is 24.1. The number of halogens is 4. The number of carboxylic acids is 1. The molecule has 0 aliphatic rings. The lowest BCUT2D eigenvalue weighted by Gasteiger charge is -2.14. The van der Waals surface area contributed by atoms with Gasteiger partial charge in [-0.05, 0) is 36.4 Å². The Hall–Kier alpha value is -4.05. The first-order valence-corrected chi connectivity index (χ1v) is 10.4. The third kappa shape index (κ3) is 5.55. The molecular weight excluding hydrogens is 466 g/mol. The number of aromatic nitrogens is 2. The van der Waals surface area contributed by atoms with E-state index in [1.807, 2.05) is 0 Å². The lowest BCUT2D eigenvalue weighted by Crippen LogP contribution is -2.25. The Bertz CT molecular complexity index is 1350. The monoisotopic (exact) mass is 485 g/mol. The second kappa shape index (κ2) is 9.67. The third-order valence-electron chi connectivity index (χ3n) is 5.23. The van der Waals surface area contributed by atoms with E-state index in [0.29, 0.717) is 12.1 Å². The van der Waals surface area contributed by atoms with Gasteiger partial charge in [-0.15, -0.1) is 0 Å². The van der Waals surface area contributed by atoms with E-state index in [2.05, 4.69) is 10.1 Å². The molecule has 0 bridgehead atoms. The lowest BCUT2D eigenvalue weighted by molar-refractivity contribution is -0.138. The molecule has 1 heterocycles. The van der Waals surface area contributed by atoms with Crippen LogP contribution < -0.4 is 0 Å². The number of hydrogen-bond acceptors (Lipinski definition) is 5. The summed E-state index contributed by atoms with van der Waals surface area (Å²) in [6, 6.07) is 15.6. The molecule has 0 radical (unpaired) electrons. The zero-order valence-corrected chi connectivity index (χ0v) is 18.4. The van der Waals surface area contributed by atoms with Gasteiger partial charge in [-0.1, -0.05) is 53.7 Å². The van der Waals surface area contributed by atoms with Gasteiger partial charge in [0.05, 0.1) is 12.1 Å². The number of carbonyl (C=O) groups is 1. The largest absolute Gasteiger partial charge is 0.480 e. The number of rotatable bonds is 7. The first-order valence-electron chi connectivity index (χ1n) is 10.4. The third-order valence-corrected chi connectivity index (χ3v) is 5.23. The highest BCUT2D eigenvalue weighted by atomic mass is 19.4. The maximum Gasteiger partial charge on any atom is 0.417 e. The van der Waals surface area contributed by atoms with E-state index in [1.54, 1.807) is 36.2 Å². The molecule has 0 aliphatic heterocycles. The summed E-state index contributed by atoms with van der Waals surface area (Å²) in [4.78, 5) is 16.6. The summed E-state index contributed by atoms with van der Waals surface area (Å²) in [7, 11) is 1.68. The smallest absolute Gasteiger partial charge is 0.417 e. The van der Waals surface area contributed by atoms with E-state index in [1.165, 1.54) is 30.3 Å². The van der Waals surface area contributed by atoms with Crippen molar-refractivity contribution in [2.45, 2.75) is 12.7 Å². The van der Waals surface area contributed by atoms with Gasteiger partial charge >= 0.3 is 12.1 Å². The molecule has 4 rings (SSSR count). The fourth-order valence-corrected chi connectivity index (χ4v) is 3.64. The van der Waals surface area contributed by atoms with Gasteiger partial charge in [0.2, 0.25) is 5.82 Å². The quantitative estimate of drug-likeness (QED) is 0.336. The second-order valence-corrected chi connectivity index (χ2v) is 7.92. The molecule has 0 spiro atoms. The van der Waals surface area contributed by atoms with Gasteiger partial charge in [-0.2, -0.15) is 18.2 Å². The van der Waals surface area contributed by atoms with Crippen LogP contribution >= 0.6 is 0 Å². The number of likely N-dealkylation sites (N-methyl/N-ethyl adjacent to an activating group) is 1. The van der Waals surface area contributed by atoms with Crippen molar-refractivity contribution in [1.29, 1.82) is 0 Å². The van der Waals surface area contributed by atoms with Crippen molar-refractivity contribution in [2.24, 2.45) is 0 Å². The molecule has 0 aliphatic carbocycles. The average molecular weight is 485 g/mol. The first-order chi connectivity index (χ1) is 16.6. The molecule has 10 heteroatoms. The van der Waals surface area contributed by atoms with Gasteiger partial charge in [0, 0.05) is 23.2 Å². The summed E-state index contributed by atoms with van der Waals surface area (Å²) in [6.07, 6.45) is -4.74. The van der Waals surface area contributed by atoms with Crippen molar-refractivity contribution in [1.82, 2.24) is 15.0 Å². The molecule has 0 fully saturated rings. The van der Waals surface area contributed by atoms with Gasteiger partial charge in [0.1, 0.15) is 5.82 Å². The average Bonchev–Trinajstić information content (AvgIpc) is 3.29. The highest BCUT2D eigenvalue weighted by Crippen LogP contribution is 2.40. The van der Waals surface area contributed by atoms with Crippen molar-refractivity contribution >= 4 is 5.97 Å². The fraction of sp³-hybridized carbons (Fsp3) is 0.160. The zero-order chi connectivity index (χ0) is 25.2. The topological polar surface area (TPSA) is 79.5 Å². The summed E-state index contributed by atoms with van der Waals surface area (Å²) >= 11 is 0. The summed E-state index contributed by atoms with van der Waals surface area (Å²) < 4.78 is 60.8. The normalized spacial score (nSPS) is 11.7. The van der Waals surface area contributed by atoms with E-state index in [4.69, 9.17) is 9.63 Å². The molecule has 0 unspecified atom stereocenters. The fourth-order valence-electron chi connectivity index (χ4n) is 3.64. The van der Waals surface area contributed by atoms with Crippen LogP contribution in [0.15, 0.2) is 71.3 Å². The van der Waals surface area contributed by atoms with Gasteiger partial charge in [-0.3, -0.25) is 9.69 Å². The van der Waals surface area contributed by atoms with Gasteiger partial charge < -0.3 is 9.63 Å². The van der Waals surface area contributed by atoms with E-state index in [-0.39, 0.29) is 35.0 Å². The number of benzene rings is 3. The Morgan fingerprint density at radius 3 is 2.34 bits per heavy atom. The number of aliphatic carboxylic acids is 1. The number of carboxylic acid groups (broad SMARTS) is 1. The van der Waals surface area contributed by atoms with Crippen molar-refractivity contribution in [2.75, 3.05) is 13.6 Å². The SMILES string of the molecule is CN(CC(=O)O)Cc1ccc(-c2noc(-c3ccc(-c4ccccc4F)c(C(F)(F)F)c3)n2)cc1. The molecule has 1 aromatic heterocycles. The molecule has 0 saturated heterocycles. The molecule has 4 aromatic rings. The molecule has 1 N–H and O–H groups in total. The predicted octanol–water partition coefficient (Wildman–Crippen LogP) is 5.74. The summed E-state index contributed by atoms with van der Waals surface area (Å²) in [5.74, 6) is -1.63. The Morgan fingerprint density at radius 2 is 1.69 bits per heavy atom. The summed E-state index contributed by atoms with van der Waals surface area (Å²) in [5.41, 5.74) is 0.00965. The molecule has 35 heavy (non-hydrogen) atoms. The summed E-state index contributed by atoms with van der Waals surface area (Å²) in [5, 5.41) is 12.7. The van der Waals surface area contributed by atoms with Gasteiger partial charge in [0.15, 0.2) is 0 Å². The van der Waals surface area contributed by atoms with Crippen LogP contribution in [0.3, 0.4) is 0 Å². The summed E-state index contributed by atoms with van der Waals surface area (Å²) in [6.45, 7) is 0.310. The van der Waals surface area contributed by atoms with Crippen LogP contribution in [0.2, 0.25) is 0 Å². The van der Waals surface area contributed by atoms with Crippen molar-refractivity contribution in [3.8, 4) is 34.0 Å². The minimum atomic E-state index is -4.74. The van der Waals surface area contributed by atoms with Gasteiger partial charge in [-0.25, -0.2) is 4.39 Å². The second-order valence-electron chi connectivity index (χ2n) is 7.92. The van der Waals surface area contributed by atoms with E-state index in [0.717, 1.165) is 17.7 Å². The van der Waals surface area contributed by atoms with Crippen molar-refractivity contribution in [3.05, 3.63) is 83.7 Å². The van der Waals surface area contributed by atoms with Gasteiger partial charge in [0.25, 0.3) is 5.89 Å². The van der Waals surface area contributed by atoms with E-state index < -0.39 is 23.5 Å². The zero-order valence-electron chi connectivity index (χ0n) is 18.4. The van der Waals surface area contributed by atoms with Crippen LogP contribution in [-0.4, -0.2) is 39.7 Å². The van der Waals surface area contributed by atoms with Crippen LogP contribution in [0, 0.1) is 5.82 Å². The number of nitrogens with zero attached hydrogens (tertiary/aromatic N) is 3. The van der Waals surface area contributed by atoms with Crippen LogP contribution in [0.4, 0.5) is 17.6 Å². The molecule has 0 saturated carbocycles. The highest BCUT2D eigenvalue weighted by molar-refractivity contribution is 5.73. The van der Waals surface area contributed by atoms with E-state index in [9.17, 15) is 22.4 Å².